The van der Waals surface area contributed by atoms with Crippen LogP contribution in [-0.2, 0) is 9.53 Å². The summed E-state index contributed by atoms with van der Waals surface area (Å²) in [6, 6.07) is 14.3. The number of para-hydroxylation sites is 3. The predicted molar refractivity (Wildman–Crippen MR) is 129 cm³/mol. The van der Waals surface area contributed by atoms with Gasteiger partial charge in [-0.1, -0.05) is 44.2 Å². The molecule has 33 heavy (non-hydrogen) atoms. The summed E-state index contributed by atoms with van der Waals surface area (Å²) in [5.41, 5.74) is 3.53. The molecule has 1 atom stereocenters. The highest BCUT2D eigenvalue weighted by atomic mass is 16.5. The van der Waals surface area contributed by atoms with Crippen molar-refractivity contribution < 1.29 is 19.1 Å². The van der Waals surface area contributed by atoms with Gasteiger partial charge in [0.05, 0.1) is 31.1 Å². The van der Waals surface area contributed by atoms with Gasteiger partial charge in [0.15, 0.2) is 5.78 Å². The summed E-state index contributed by atoms with van der Waals surface area (Å²) in [6.45, 7) is 4.94. The van der Waals surface area contributed by atoms with Crippen molar-refractivity contribution in [2.75, 3.05) is 37.6 Å². The van der Waals surface area contributed by atoms with Gasteiger partial charge in [0.25, 0.3) is 0 Å². The Morgan fingerprint density at radius 2 is 1.85 bits per heavy atom. The summed E-state index contributed by atoms with van der Waals surface area (Å²) in [5.74, 6) is 0.660. The van der Waals surface area contributed by atoms with Crippen LogP contribution in [0.15, 0.2) is 59.8 Å². The number of ketones is 1. The number of Topliss-reactive ketones (excluding diaryl/α,β-unsaturated/α-hetero) is 1. The molecule has 7 heteroatoms. The number of urea groups is 1. The summed E-state index contributed by atoms with van der Waals surface area (Å²) in [5, 5.41) is 6.45. The zero-order valence-electron chi connectivity index (χ0n) is 19.6. The molecule has 0 radical (unpaired) electrons. The fourth-order valence-electron chi connectivity index (χ4n) is 4.74. The van der Waals surface area contributed by atoms with Gasteiger partial charge in [-0.3, -0.25) is 9.69 Å². The minimum Gasteiger partial charge on any atom is -0.496 e. The topological polar surface area (TPSA) is 79.9 Å². The number of rotatable bonds is 5. The van der Waals surface area contributed by atoms with Gasteiger partial charge in [-0.05, 0) is 30.0 Å². The van der Waals surface area contributed by atoms with E-state index < -0.39 is 6.04 Å². The van der Waals surface area contributed by atoms with Crippen molar-refractivity contribution in [2.45, 2.75) is 32.7 Å². The van der Waals surface area contributed by atoms with E-state index in [4.69, 9.17) is 9.47 Å². The third-order valence-corrected chi connectivity index (χ3v) is 6.14. The van der Waals surface area contributed by atoms with Crippen molar-refractivity contribution >= 4 is 23.2 Å². The van der Waals surface area contributed by atoms with Crippen LogP contribution in [0.1, 0.15) is 38.3 Å². The van der Waals surface area contributed by atoms with Crippen LogP contribution in [-0.4, -0.2) is 39.2 Å². The Balaban J connectivity index is 1.96. The molecule has 2 aliphatic rings. The Labute approximate surface area is 194 Å². The minimum absolute atomic E-state index is 0.0344. The minimum atomic E-state index is -0.640. The smallest absolute Gasteiger partial charge is 0.322 e. The van der Waals surface area contributed by atoms with Crippen LogP contribution in [0.25, 0.3) is 0 Å². The van der Waals surface area contributed by atoms with Crippen LogP contribution in [0.3, 0.4) is 0 Å². The van der Waals surface area contributed by atoms with Gasteiger partial charge in [-0.15, -0.1) is 0 Å². The number of allylic oxidation sites excluding steroid dienone is 1. The first-order valence-electron chi connectivity index (χ1n) is 11.2. The van der Waals surface area contributed by atoms with Crippen molar-refractivity contribution in [2.24, 2.45) is 5.41 Å². The SMILES string of the molecule is COCCNC(=O)N1c2ccccc2NC2=C(C(=O)CC(C)(C)C2)[C@H]1c1ccccc1OC. The first kappa shape index (κ1) is 22.9. The number of nitrogens with one attached hydrogen (secondary N) is 2. The lowest BCUT2D eigenvalue weighted by molar-refractivity contribution is -0.118. The summed E-state index contributed by atoms with van der Waals surface area (Å²) in [6.07, 6.45) is 1.11. The maximum absolute atomic E-state index is 13.6. The molecule has 0 unspecified atom stereocenters. The molecule has 0 aromatic heterocycles. The van der Waals surface area contributed by atoms with Gasteiger partial charge in [0, 0.05) is 36.9 Å². The molecule has 0 spiro atoms. The van der Waals surface area contributed by atoms with Crippen LogP contribution in [0, 0.1) is 5.41 Å². The van der Waals surface area contributed by atoms with Crippen molar-refractivity contribution in [3.63, 3.8) is 0 Å². The number of anilines is 2. The number of ether oxygens (including phenoxy) is 2. The lowest BCUT2D eigenvalue weighted by atomic mass is 9.73. The largest absolute Gasteiger partial charge is 0.496 e. The number of carbonyl (C=O) groups excluding carboxylic acids is 2. The zero-order chi connectivity index (χ0) is 23.6. The van der Waals surface area contributed by atoms with E-state index in [2.05, 4.69) is 24.5 Å². The Kier molecular flexibility index (Phi) is 6.42. The number of amides is 2. The second kappa shape index (κ2) is 9.27. The lowest BCUT2D eigenvalue weighted by Gasteiger charge is -2.37. The van der Waals surface area contributed by atoms with Gasteiger partial charge in [-0.25, -0.2) is 4.79 Å². The molecule has 2 amide bonds. The van der Waals surface area contributed by atoms with E-state index in [9.17, 15) is 9.59 Å². The zero-order valence-corrected chi connectivity index (χ0v) is 19.6. The number of hydrogen-bond donors (Lipinski definition) is 2. The lowest BCUT2D eigenvalue weighted by Crippen LogP contribution is -2.45. The number of benzene rings is 2. The van der Waals surface area contributed by atoms with Gasteiger partial charge in [0.1, 0.15) is 5.75 Å². The number of hydrogen-bond acceptors (Lipinski definition) is 5. The van der Waals surface area contributed by atoms with Gasteiger partial charge in [0.2, 0.25) is 0 Å². The van der Waals surface area contributed by atoms with E-state index in [-0.39, 0.29) is 17.2 Å². The molecule has 2 aromatic rings. The molecule has 2 N–H and O–H groups in total. The molecule has 1 aliphatic carbocycles. The van der Waals surface area contributed by atoms with Crippen molar-refractivity contribution in [3.8, 4) is 5.75 Å². The average molecular weight is 450 g/mol. The van der Waals surface area contributed by atoms with E-state index in [0.29, 0.717) is 43.0 Å². The van der Waals surface area contributed by atoms with E-state index in [1.54, 1.807) is 19.1 Å². The molecule has 0 saturated carbocycles. The summed E-state index contributed by atoms with van der Waals surface area (Å²) < 4.78 is 10.8. The van der Waals surface area contributed by atoms with Crippen molar-refractivity contribution in [1.82, 2.24) is 5.32 Å². The van der Waals surface area contributed by atoms with Crippen molar-refractivity contribution in [3.05, 3.63) is 65.4 Å². The number of methoxy groups -OCH3 is 2. The van der Waals surface area contributed by atoms with E-state index in [1.807, 2.05) is 48.5 Å². The molecular weight excluding hydrogens is 418 g/mol. The second-order valence-corrected chi connectivity index (χ2v) is 9.21. The number of nitrogens with zero attached hydrogens (tertiary/aromatic N) is 1. The quantitative estimate of drug-likeness (QED) is 0.649. The maximum atomic E-state index is 13.6. The fourth-order valence-corrected chi connectivity index (χ4v) is 4.74. The standard InChI is InChI=1S/C26H31N3O4/c1-26(2)15-19-23(21(30)16-26)24(17-9-5-8-12-22(17)33-4)29(25(31)27-13-14-32-3)20-11-7-6-10-18(20)28-19/h5-12,24,28H,13-16H2,1-4H3,(H,27,31)/t24-/m1/s1. The van der Waals surface area contributed by atoms with Crippen LogP contribution in [0.2, 0.25) is 0 Å². The van der Waals surface area contributed by atoms with Crippen LogP contribution in [0.4, 0.5) is 16.2 Å². The molecule has 0 bridgehead atoms. The third kappa shape index (κ3) is 4.46. The maximum Gasteiger partial charge on any atom is 0.322 e. The first-order valence-corrected chi connectivity index (χ1v) is 11.2. The molecule has 174 valence electrons. The highest BCUT2D eigenvalue weighted by Crippen LogP contribution is 2.49. The Hall–Kier alpha value is -3.32. The van der Waals surface area contributed by atoms with Gasteiger partial charge < -0.3 is 20.1 Å². The molecular formula is C26H31N3O4. The molecule has 1 heterocycles. The fraction of sp³-hybridized carbons (Fsp3) is 0.385. The molecule has 0 saturated heterocycles. The Morgan fingerprint density at radius 1 is 1.12 bits per heavy atom. The summed E-state index contributed by atoms with van der Waals surface area (Å²) in [4.78, 5) is 29.0. The van der Waals surface area contributed by atoms with Crippen LogP contribution < -0.4 is 20.3 Å². The number of fused-ring (bicyclic) bond motifs is 1. The normalized spacial score (nSPS) is 19.2. The van der Waals surface area contributed by atoms with Crippen molar-refractivity contribution in [1.29, 1.82) is 0 Å². The van der Waals surface area contributed by atoms with Crippen LogP contribution >= 0.6 is 0 Å². The van der Waals surface area contributed by atoms with E-state index in [1.165, 1.54) is 0 Å². The average Bonchev–Trinajstić information content (AvgIpc) is 2.92. The van der Waals surface area contributed by atoms with E-state index in [0.717, 1.165) is 16.9 Å². The second-order valence-electron chi connectivity index (χ2n) is 9.21. The summed E-state index contributed by atoms with van der Waals surface area (Å²) in [7, 11) is 3.19. The first-order chi connectivity index (χ1) is 15.9. The third-order valence-electron chi connectivity index (χ3n) is 6.14. The van der Waals surface area contributed by atoms with Gasteiger partial charge in [-0.2, -0.15) is 0 Å². The molecule has 0 fully saturated rings. The van der Waals surface area contributed by atoms with E-state index >= 15 is 0 Å². The van der Waals surface area contributed by atoms with Crippen LogP contribution in [0.5, 0.6) is 5.75 Å². The molecule has 7 nitrogen and oxygen atoms in total. The highest BCUT2D eigenvalue weighted by molar-refractivity contribution is 6.06. The molecule has 1 aliphatic heterocycles. The Morgan fingerprint density at radius 3 is 2.61 bits per heavy atom. The molecule has 2 aromatic carbocycles. The highest BCUT2D eigenvalue weighted by Gasteiger charge is 2.44. The Bertz CT molecular complexity index is 1090. The number of carbonyl (C=O) groups is 2. The predicted octanol–water partition coefficient (Wildman–Crippen LogP) is 4.67. The summed E-state index contributed by atoms with van der Waals surface area (Å²) >= 11 is 0. The van der Waals surface area contributed by atoms with Gasteiger partial charge >= 0.3 is 6.03 Å². The molecule has 4 rings (SSSR count). The monoisotopic (exact) mass is 449 g/mol.